The highest BCUT2D eigenvalue weighted by atomic mass is 19.1. The third kappa shape index (κ3) is 3.51. The molecule has 1 heterocycles. The number of benzene rings is 1. The van der Waals surface area contributed by atoms with E-state index in [1.165, 1.54) is 12.1 Å². The maximum absolute atomic E-state index is 13.1. The molecule has 3 rings (SSSR count). The Morgan fingerprint density at radius 3 is 2.76 bits per heavy atom. The Balaban J connectivity index is 1.58. The maximum Gasteiger partial charge on any atom is 0.191 e. The van der Waals surface area contributed by atoms with Gasteiger partial charge in [-0.2, -0.15) is 0 Å². The quantitative estimate of drug-likeness (QED) is 0.633. The van der Waals surface area contributed by atoms with Crippen LogP contribution < -0.4 is 10.6 Å². The lowest BCUT2D eigenvalue weighted by molar-refractivity contribution is -0.106. The second kappa shape index (κ2) is 7.30. The number of guanidine groups is 1. The minimum Gasteiger partial charge on any atom is -0.377 e. The number of nitrogens with zero attached hydrogens (tertiary/aromatic N) is 1. The summed E-state index contributed by atoms with van der Waals surface area (Å²) in [6.07, 6.45) is 1.27. The average Bonchev–Trinajstić information content (AvgIpc) is 3.06. The number of halogens is 1. The molecule has 0 bridgehead atoms. The van der Waals surface area contributed by atoms with Gasteiger partial charge >= 0.3 is 0 Å². The molecule has 1 saturated heterocycles. The van der Waals surface area contributed by atoms with Gasteiger partial charge in [0.25, 0.3) is 0 Å². The Morgan fingerprint density at radius 2 is 2.12 bits per heavy atom. The molecule has 5 nitrogen and oxygen atoms in total. The van der Waals surface area contributed by atoms with Gasteiger partial charge in [0.1, 0.15) is 5.82 Å². The summed E-state index contributed by atoms with van der Waals surface area (Å²) in [6.45, 7) is 5.88. The van der Waals surface area contributed by atoms with Crippen LogP contribution in [0.4, 0.5) is 4.39 Å². The summed E-state index contributed by atoms with van der Waals surface area (Å²) in [7, 11) is 3.42. The lowest BCUT2D eigenvalue weighted by Crippen LogP contribution is -2.68. The van der Waals surface area contributed by atoms with Crippen molar-refractivity contribution in [3.63, 3.8) is 0 Å². The molecule has 1 aromatic rings. The molecule has 2 aliphatic rings. The van der Waals surface area contributed by atoms with Crippen LogP contribution in [0.2, 0.25) is 0 Å². The molecule has 0 aromatic heterocycles. The molecular formula is C19H28FN3O2. The van der Waals surface area contributed by atoms with Crippen LogP contribution in [-0.2, 0) is 9.47 Å². The molecule has 4 atom stereocenters. The lowest BCUT2D eigenvalue weighted by atomic mass is 9.57. The van der Waals surface area contributed by atoms with Gasteiger partial charge in [-0.05, 0) is 24.1 Å². The van der Waals surface area contributed by atoms with Crippen molar-refractivity contribution in [2.24, 2.45) is 16.3 Å². The van der Waals surface area contributed by atoms with Crippen molar-refractivity contribution in [1.82, 2.24) is 10.6 Å². The van der Waals surface area contributed by atoms with Crippen LogP contribution in [0.15, 0.2) is 29.3 Å². The van der Waals surface area contributed by atoms with Crippen molar-refractivity contribution in [2.45, 2.75) is 38.5 Å². The number of methoxy groups -OCH3 is 1. The van der Waals surface area contributed by atoms with Crippen molar-refractivity contribution < 1.29 is 13.9 Å². The molecule has 0 spiro atoms. The van der Waals surface area contributed by atoms with E-state index in [1.807, 2.05) is 0 Å². The van der Waals surface area contributed by atoms with E-state index in [2.05, 4.69) is 29.5 Å². The molecule has 2 N–H and O–H groups in total. The number of ether oxygens (including phenoxy) is 2. The van der Waals surface area contributed by atoms with Gasteiger partial charge < -0.3 is 20.1 Å². The van der Waals surface area contributed by atoms with Crippen molar-refractivity contribution in [1.29, 1.82) is 0 Å². The number of aliphatic imine (C=N–C) groups is 1. The molecule has 6 heteroatoms. The molecule has 1 aromatic carbocycles. The molecule has 1 aliphatic heterocycles. The van der Waals surface area contributed by atoms with Gasteiger partial charge in [0.2, 0.25) is 0 Å². The summed E-state index contributed by atoms with van der Waals surface area (Å²) in [4.78, 5) is 4.34. The summed E-state index contributed by atoms with van der Waals surface area (Å²) in [5, 5.41) is 6.88. The first-order valence-electron chi connectivity index (χ1n) is 8.84. The summed E-state index contributed by atoms with van der Waals surface area (Å²) >= 11 is 0. The van der Waals surface area contributed by atoms with Crippen LogP contribution in [0.5, 0.6) is 0 Å². The fourth-order valence-corrected chi connectivity index (χ4v) is 4.16. The van der Waals surface area contributed by atoms with E-state index in [0.29, 0.717) is 24.6 Å². The lowest BCUT2D eigenvalue weighted by Gasteiger charge is -2.54. The van der Waals surface area contributed by atoms with Crippen molar-refractivity contribution in [2.75, 3.05) is 27.3 Å². The van der Waals surface area contributed by atoms with Crippen LogP contribution in [0.25, 0.3) is 0 Å². The largest absolute Gasteiger partial charge is 0.377 e. The predicted octanol–water partition coefficient (Wildman–Crippen LogP) is 2.49. The second-order valence-electron chi connectivity index (χ2n) is 7.42. The SMILES string of the molecule is CN=C(NCC(OC)c1ccc(F)cc1)NC1C2CCOC2C1(C)C. The van der Waals surface area contributed by atoms with Gasteiger partial charge in [0.05, 0.1) is 12.2 Å². The molecule has 25 heavy (non-hydrogen) atoms. The Bertz CT molecular complexity index is 618. The maximum atomic E-state index is 13.1. The highest BCUT2D eigenvalue weighted by Crippen LogP contribution is 2.52. The zero-order valence-corrected chi connectivity index (χ0v) is 15.4. The van der Waals surface area contributed by atoms with E-state index in [-0.39, 0.29) is 17.3 Å². The third-order valence-corrected chi connectivity index (χ3v) is 5.60. The zero-order chi connectivity index (χ0) is 18.0. The number of fused-ring (bicyclic) bond motifs is 1. The van der Waals surface area contributed by atoms with Gasteiger partial charge in [-0.15, -0.1) is 0 Å². The number of rotatable bonds is 5. The Morgan fingerprint density at radius 1 is 1.40 bits per heavy atom. The first kappa shape index (κ1) is 18.1. The Kier molecular flexibility index (Phi) is 5.29. The van der Waals surface area contributed by atoms with Crippen LogP contribution in [-0.4, -0.2) is 45.4 Å². The second-order valence-corrected chi connectivity index (χ2v) is 7.42. The van der Waals surface area contributed by atoms with E-state index in [9.17, 15) is 4.39 Å². The fourth-order valence-electron chi connectivity index (χ4n) is 4.16. The zero-order valence-electron chi connectivity index (χ0n) is 15.4. The fraction of sp³-hybridized carbons (Fsp3) is 0.632. The predicted molar refractivity (Wildman–Crippen MR) is 96.1 cm³/mol. The summed E-state index contributed by atoms with van der Waals surface area (Å²) in [6, 6.07) is 6.74. The average molecular weight is 349 g/mol. The van der Waals surface area contributed by atoms with Crippen LogP contribution in [0.3, 0.4) is 0 Å². The van der Waals surface area contributed by atoms with E-state index in [0.717, 1.165) is 24.6 Å². The first-order chi connectivity index (χ1) is 12.0. The minimum absolute atomic E-state index is 0.0937. The van der Waals surface area contributed by atoms with E-state index in [4.69, 9.17) is 9.47 Å². The number of nitrogens with one attached hydrogen (secondary N) is 2. The van der Waals surface area contributed by atoms with Gasteiger partial charge in [-0.3, -0.25) is 4.99 Å². The molecule has 4 unspecified atom stereocenters. The molecule has 0 radical (unpaired) electrons. The van der Waals surface area contributed by atoms with Crippen molar-refractivity contribution in [3.8, 4) is 0 Å². The third-order valence-electron chi connectivity index (χ3n) is 5.60. The Hall–Kier alpha value is -1.66. The summed E-state index contributed by atoms with van der Waals surface area (Å²) in [5.74, 6) is 1.06. The van der Waals surface area contributed by atoms with E-state index < -0.39 is 0 Å². The van der Waals surface area contributed by atoms with Gasteiger partial charge in [-0.25, -0.2) is 4.39 Å². The highest BCUT2D eigenvalue weighted by Gasteiger charge is 2.59. The van der Waals surface area contributed by atoms with Gasteiger partial charge in [0.15, 0.2) is 5.96 Å². The van der Waals surface area contributed by atoms with Crippen LogP contribution >= 0.6 is 0 Å². The standard InChI is InChI=1S/C19H28FN3O2/c1-19(2)16(14-9-10-25-17(14)19)23-18(21-3)22-11-15(24-4)12-5-7-13(20)8-6-12/h5-8,14-17H,9-11H2,1-4H3,(H2,21,22,23). The van der Waals surface area contributed by atoms with E-state index in [1.54, 1.807) is 26.3 Å². The molecular weight excluding hydrogens is 321 g/mol. The van der Waals surface area contributed by atoms with Crippen molar-refractivity contribution in [3.05, 3.63) is 35.6 Å². The smallest absolute Gasteiger partial charge is 0.191 e. The highest BCUT2D eigenvalue weighted by molar-refractivity contribution is 5.80. The number of hydrogen-bond donors (Lipinski definition) is 2. The normalized spacial score (nSPS) is 28.8. The molecule has 1 aliphatic carbocycles. The van der Waals surface area contributed by atoms with Crippen LogP contribution in [0, 0.1) is 17.2 Å². The summed E-state index contributed by atoms with van der Waals surface area (Å²) in [5.41, 5.74) is 1.02. The molecule has 138 valence electrons. The number of hydrogen-bond acceptors (Lipinski definition) is 3. The Labute approximate surface area is 149 Å². The molecule has 0 amide bonds. The molecule has 2 fully saturated rings. The first-order valence-corrected chi connectivity index (χ1v) is 8.84. The monoisotopic (exact) mass is 349 g/mol. The van der Waals surface area contributed by atoms with Gasteiger partial charge in [-0.1, -0.05) is 26.0 Å². The molecule has 1 saturated carbocycles. The minimum atomic E-state index is -0.246. The van der Waals surface area contributed by atoms with Crippen LogP contribution in [0.1, 0.15) is 31.9 Å². The van der Waals surface area contributed by atoms with Gasteiger partial charge in [0, 0.05) is 44.7 Å². The van der Waals surface area contributed by atoms with Crippen molar-refractivity contribution >= 4 is 5.96 Å². The topological polar surface area (TPSA) is 54.9 Å². The van der Waals surface area contributed by atoms with E-state index >= 15 is 0 Å². The summed E-state index contributed by atoms with van der Waals surface area (Å²) < 4.78 is 24.5.